The zero-order valence-corrected chi connectivity index (χ0v) is 12.8. The summed E-state index contributed by atoms with van der Waals surface area (Å²) in [5, 5.41) is 0. The molecular weight excluding hydrogens is 262 g/mol. The molecule has 0 spiro atoms. The molecule has 1 aliphatic heterocycles. The van der Waals surface area contributed by atoms with E-state index in [4.69, 9.17) is 11.6 Å². The monoisotopic (exact) mass is 283 g/mol. The second-order valence-corrected chi connectivity index (χ2v) is 6.59. The van der Waals surface area contributed by atoms with Gasteiger partial charge in [-0.2, -0.15) is 0 Å². The summed E-state index contributed by atoms with van der Waals surface area (Å²) in [5.74, 6) is 1.57. The fraction of sp³-hybridized carbons (Fsp3) is 0.714. The van der Waals surface area contributed by atoms with Gasteiger partial charge in [0.05, 0.1) is 0 Å². The topological polar surface area (TPSA) is 38.1 Å². The van der Waals surface area contributed by atoms with Crippen molar-refractivity contribution >= 4 is 17.4 Å². The lowest BCUT2D eigenvalue weighted by Crippen LogP contribution is -2.42. The number of nitrogens with zero attached hydrogens (tertiary/aromatic N) is 3. The van der Waals surface area contributed by atoms with Gasteiger partial charge >= 0.3 is 0 Å². The molecule has 106 valence electrons. The largest absolute Gasteiger partial charge is 0.348 e. The first-order valence-electron chi connectivity index (χ1n) is 6.77. The van der Waals surface area contributed by atoms with Gasteiger partial charge in [0.25, 0.3) is 5.56 Å². The van der Waals surface area contributed by atoms with Gasteiger partial charge in [-0.1, -0.05) is 6.92 Å². The predicted octanol–water partition coefficient (Wildman–Crippen LogP) is 2.45. The molecule has 2 unspecified atom stereocenters. The van der Waals surface area contributed by atoms with Crippen molar-refractivity contribution in [2.24, 2.45) is 5.92 Å². The highest BCUT2D eigenvalue weighted by Crippen LogP contribution is 2.27. The second-order valence-electron chi connectivity index (χ2n) is 6.28. The average molecular weight is 284 g/mol. The molecule has 2 heterocycles. The molecule has 0 aromatic carbocycles. The Bertz CT molecular complexity index is 506. The van der Waals surface area contributed by atoms with Crippen LogP contribution in [-0.2, 0) is 5.54 Å². The number of hydrogen-bond donors (Lipinski definition) is 0. The number of anilines is 1. The number of aromatic nitrogens is 2. The van der Waals surface area contributed by atoms with E-state index in [-0.39, 0.29) is 17.1 Å². The molecule has 1 fully saturated rings. The third-order valence-corrected chi connectivity index (χ3v) is 4.17. The van der Waals surface area contributed by atoms with Crippen molar-refractivity contribution in [1.82, 2.24) is 9.55 Å². The third-order valence-electron chi connectivity index (χ3n) is 3.86. The van der Waals surface area contributed by atoms with Crippen LogP contribution in [0, 0.1) is 5.92 Å². The lowest BCUT2D eigenvalue weighted by Gasteiger charge is -2.28. The molecule has 0 radical (unpaired) electrons. The summed E-state index contributed by atoms with van der Waals surface area (Å²) in [7, 11) is 0. The molecule has 2 rings (SSSR count). The Hall–Kier alpha value is -1.03. The molecule has 0 bridgehead atoms. The zero-order valence-electron chi connectivity index (χ0n) is 12.1. The second kappa shape index (κ2) is 5.16. The number of halogens is 1. The molecule has 1 saturated heterocycles. The van der Waals surface area contributed by atoms with Crippen molar-refractivity contribution in [3.63, 3.8) is 0 Å². The molecule has 1 aromatic rings. The van der Waals surface area contributed by atoms with Crippen LogP contribution in [0.25, 0.3) is 0 Å². The van der Waals surface area contributed by atoms with Gasteiger partial charge in [0.2, 0.25) is 0 Å². The van der Waals surface area contributed by atoms with Crippen LogP contribution in [0.5, 0.6) is 0 Å². The summed E-state index contributed by atoms with van der Waals surface area (Å²) in [4.78, 5) is 19.0. The van der Waals surface area contributed by atoms with Gasteiger partial charge < -0.3 is 9.47 Å². The van der Waals surface area contributed by atoms with Crippen LogP contribution in [0.15, 0.2) is 17.2 Å². The van der Waals surface area contributed by atoms with Gasteiger partial charge in [-0.25, -0.2) is 4.98 Å². The Morgan fingerprint density at radius 3 is 2.74 bits per heavy atom. The molecule has 0 saturated carbocycles. The fourth-order valence-corrected chi connectivity index (χ4v) is 3.10. The summed E-state index contributed by atoms with van der Waals surface area (Å²) < 4.78 is 1.74. The van der Waals surface area contributed by atoms with E-state index in [1.54, 1.807) is 17.0 Å². The van der Waals surface area contributed by atoms with Crippen molar-refractivity contribution in [1.29, 1.82) is 0 Å². The minimum atomic E-state index is -0.240. The molecular formula is C14H22ClN3O. The van der Waals surface area contributed by atoms with Gasteiger partial charge in [-0.05, 0) is 33.1 Å². The van der Waals surface area contributed by atoms with E-state index in [1.165, 1.54) is 0 Å². The van der Waals surface area contributed by atoms with Gasteiger partial charge in [0.1, 0.15) is 0 Å². The summed E-state index contributed by atoms with van der Waals surface area (Å²) in [5.41, 5.74) is -0.268. The van der Waals surface area contributed by atoms with Crippen LogP contribution in [0.4, 0.5) is 5.82 Å². The molecule has 5 heteroatoms. The lowest BCUT2D eigenvalue weighted by molar-refractivity contribution is 0.382. The van der Waals surface area contributed by atoms with E-state index < -0.39 is 0 Å². The lowest BCUT2D eigenvalue weighted by atomic mass is 10.1. The Kier molecular flexibility index (Phi) is 3.90. The Labute approximate surface area is 119 Å². The van der Waals surface area contributed by atoms with E-state index in [1.807, 2.05) is 20.8 Å². The summed E-state index contributed by atoms with van der Waals surface area (Å²) in [6.07, 6.45) is 4.51. The average Bonchev–Trinajstić information content (AvgIpc) is 2.69. The smallest absolute Gasteiger partial charge is 0.293 e. The minimum Gasteiger partial charge on any atom is -0.348 e. The summed E-state index contributed by atoms with van der Waals surface area (Å²) in [6, 6.07) is 0.206. The Morgan fingerprint density at radius 1 is 1.47 bits per heavy atom. The maximum absolute atomic E-state index is 12.6. The van der Waals surface area contributed by atoms with E-state index in [0.717, 1.165) is 13.0 Å². The van der Waals surface area contributed by atoms with E-state index in [2.05, 4.69) is 16.8 Å². The maximum atomic E-state index is 12.6. The van der Waals surface area contributed by atoms with E-state index >= 15 is 0 Å². The Balaban J connectivity index is 2.44. The van der Waals surface area contributed by atoms with Crippen molar-refractivity contribution in [3.05, 3.63) is 22.7 Å². The molecule has 4 nitrogen and oxygen atoms in total. The first kappa shape index (κ1) is 14.4. The van der Waals surface area contributed by atoms with Crippen molar-refractivity contribution in [3.8, 4) is 0 Å². The fourth-order valence-electron chi connectivity index (χ4n) is 2.63. The van der Waals surface area contributed by atoms with E-state index in [9.17, 15) is 4.79 Å². The zero-order chi connectivity index (χ0) is 14.2. The standard InChI is InChI=1S/C14H22ClN3O/c1-10-5-7-17(11(10)9-15)12-13(19)18(8-6-16-12)14(2,3)4/h6,8,10-11H,5,7,9H2,1-4H3. The molecule has 2 atom stereocenters. The van der Waals surface area contributed by atoms with Crippen LogP contribution in [-0.4, -0.2) is 28.0 Å². The van der Waals surface area contributed by atoms with Crippen LogP contribution in [0.1, 0.15) is 34.1 Å². The third kappa shape index (κ3) is 2.64. The van der Waals surface area contributed by atoms with Crippen LogP contribution in [0.3, 0.4) is 0 Å². The molecule has 1 aliphatic rings. The van der Waals surface area contributed by atoms with Crippen molar-refractivity contribution < 1.29 is 0 Å². The maximum Gasteiger partial charge on any atom is 0.293 e. The first-order chi connectivity index (χ1) is 8.86. The van der Waals surface area contributed by atoms with Crippen LogP contribution < -0.4 is 10.5 Å². The summed E-state index contributed by atoms with van der Waals surface area (Å²) >= 11 is 6.05. The van der Waals surface area contributed by atoms with Gasteiger partial charge in [0.15, 0.2) is 5.82 Å². The number of alkyl halides is 1. The minimum absolute atomic E-state index is 0.0285. The molecule has 1 aromatic heterocycles. The van der Waals surface area contributed by atoms with E-state index in [0.29, 0.717) is 17.6 Å². The van der Waals surface area contributed by atoms with Gasteiger partial charge in [0, 0.05) is 36.4 Å². The quantitative estimate of drug-likeness (QED) is 0.783. The highest BCUT2D eigenvalue weighted by molar-refractivity contribution is 6.18. The normalized spacial score (nSPS) is 23.9. The van der Waals surface area contributed by atoms with Crippen molar-refractivity contribution in [2.75, 3.05) is 17.3 Å². The Morgan fingerprint density at radius 2 is 2.16 bits per heavy atom. The summed E-state index contributed by atoms with van der Waals surface area (Å²) in [6.45, 7) is 9.09. The SMILES string of the molecule is CC1CCN(c2nccn(C(C)(C)C)c2=O)C1CCl. The number of rotatable bonds is 2. The first-order valence-corrected chi connectivity index (χ1v) is 7.30. The highest BCUT2D eigenvalue weighted by Gasteiger charge is 2.33. The molecule has 0 aliphatic carbocycles. The molecule has 0 N–H and O–H groups in total. The van der Waals surface area contributed by atoms with Gasteiger partial charge in [-0.15, -0.1) is 11.6 Å². The van der Waals surface area contributed by atoms with Gasteiger partial charge in [-0.3, -0.25) is 4.79 Å². The van der Waals surface area contributed by atoms with Crippen LogP contribution >= 0.6 is 11.6 Å². The molecule has 19 heavy (non-hydrogen) atoms. The van der Waals surface area contributed by atoms with Crippen LogP contribution in [0.2, 0.25) is 0 Å². The number of hydrogen-bond acceptors (Lipinski definition) is 3. The predicted molar refractivity (Wildman–Crippen MR) is 79.1 cm³/mol. The molecule has 0 amide bonds. The van der Waals surface area contributed by atoms with Crippen molar-refractivity contribution in [2.45, 2.75) is 45.7 Å². The highest BCUT2D eigenvalue weighted by atomic mass is 35.5.